The summed E-state index contributed by atoms with van der Waals surface area (Å²) in [5.74, 6) is 0. The normalized spacial score (nSPS) is 15.2. The number of anilines is 1. The molecular formula is C10H17FN2OS2. The van der Waals surface area contributed by atoms with Crippen LogP contribution in [0.2, 0.25) is 0 Å². The van der Waals surface area contributed by atoms with Crippen LogP contribution in [0.3, 0.4) is 0 Å². The summed E-state index contributed by atoms with van der Waals surface area (Å²) in [6.07, 6.45) is 3.55. The van der Waals surface area contributed by atoms with Gasteiger partial charge in [0.1, 0.15) is 0 Å². The van der Waals surface area contributed by atoms with Crippen LogP contribution in [0.1, 0.15) is 0 Å². The lowest BCUT2D eigenvalue weighted by atomic mass is 10.3. The van der Waals surface area contributed by atoms with E-state index in [1.54, 1.807) is 56.9 Å². The van der Waals surface area contributed by atoms with Crippen molar-refractivity contribution in [1.82, 2.24) is 4.31 Å². The molecule has 0 aliphatic heterocycles. The zero-order valence-corrected chi connectivity index (χ0v) is 11.5. The number of halogens is 1. The van der Waals surface area contributed by atoms with Gasteiger partial charge in [0.25, 0.3) is 0 Å². The standard InChI is InChI=1S/C10H17FN2OS2/c1-12(2)16(14,15(3)4)13(11)10-8-6-5-7-9-10/h5-9H,1-4H3. The number of benzene rings is 1. The molecule has 6 heteroatoms. The Labute approximate surface area is 98.7 Å². The predicted molar refractivity (Wildman–Crippen MR) is 71.1 cm³/mol. The summed E-state index contributed by atoms with van der Waals surface area (Å²) in [6, 6.07) is 8.46. The maximum Gasteiger partial charge on any atom is 0.166 e. The van der Waals surface area contributed by atoms with E-state index in [4.69, 9.17) is 0 Å². The van der Waals surface area contributed by atoms with Gasteiger partial charge < -0.3 is 0 Å². The lowest BCUT2D eigenvalue weighted by Gasteiger charge is -2.26. The van der Waals surface area contributed by atoms with Gasteiger partial charge in [-0.2, -0.15) is 0 Å². The maximum absolute atomic E-state index is 14.2. The molecule has 0 aliphatic rings. The molecule has 0 saturated heterocycles. The van der Waals surface area contributed by atoms with Crippen LogP contribution in [0.25, 0.3) is 0 Å². The minimum atomic E-state index is -2.83. The summed E-state index contributed by atoms with van der Waals surface area (Å²) < 4.78 is 28.6. The molecule has 0 saturated carbocycles. The Hall–Kier alpha value is -0.590. The fourth-order valence-electron chi connectivity index (χ4n) is 1.25. The molecule has 0 N–H and O–H groups in total. The molecule has 16 heavy (non-hydrogen) atoms. The number of nitrogens with zero attached hydrogens (tertiary/aromatic N) is 2. The van der Waals surface area contributed by atoms with E-state index in [0.29, 0.717) is 10.2 Å². The summed E-state index contributed by atoms with van der Waals surface area (Å²) in [6.45, 7) is 0. The number of hydrogen-bond acceptors (Lipinski definition) is 1. The Balaban J connectivity index is 3.30. The third kappa shape index (κ3) is 2.39. The first-order valence-corrected chi connectivity index (χ1v) is 8.74. The summed E-state index contributed by atoms with van der Waals surface area (Å²) in [5.41, 5.74) is 0.322. The zero-order valence-electron chi connectivity index (χ0n) is 9.88. The SMILES string of the molecule is CN(C)S(=O)(N(F)c1ccccc1)=S(C)C. The lowest BCUT2D eigenvalue weighted by Crippen LogP contribution is -2.37. The van der Waals surface area contributed by atoms with Crippen LogP contribution < -0.4 is 4.53 Å². The monoisotopic (exact) mass is 264 g/mol. The van der Waals surface area contributed by atoms with Gasteiger partial charge in [-0.25, -0.2) is 8.51 Å². The molecule has 1 rings (SSSR count). The molecule has 0 aromatic heterocycles. The van der Waals surface area contributed by atoms with Gasteiger partial charge in [-0.05, 0) is 24.6 Å². The Morgan fingerprint density at radius 1 is 1.19 bits per heavy atom. The Morgan fingerprint density at radius 3 is 2.06 bits per heavy atom. The molecule has 0 spiro atoms. The van der Waals surface area contributed by atoms with E-state index in [9.17, 15) is 8.69 Å². The van der Waals surface area contributed by atoms with Crippen molar-refractivity contribution in [2.24, 2.45) is 0 Å². The highest BCUT2D eigenvalue weighted by molar-refractivity contribution is 8.46. The minimum absolute atomic E-state index is 0.322. The molecule has 0 heterocycles. The molecule has 92 valence electrons. The van der Waals surface area contributed by atoms with Crippen molar-refractivity contribution < 1.29 is 8.69 Å². The van der Waals surface area contributed by atoms with Gasteiger partial charge in [-0.3, -0.25) is 0 Å². The van der Waals surface area contributed by atoms with Crippen LogP contribution in [0.15, 0.2) is 30.3 Å². The number of rotatable bonds is 3. The van der Waals surface area contributed by atoms with E-state index < -0.39 is 18.3 Å². The average Bonchev–Trinajstić information content (AvgIpc) is 2.27. The summed E-state index contributed by atoms with van der Waals surface area (Å²) in [7, 11) is -0.142. The van der Waals surface area contributed by atoms with Crippen molar-refractivity contribution in [2.75, 3.05) is 31.1 Å². The third-order valence-corrected chi connectivity index (χ3v) is 8.36. The first-order valence-electron chi connectivity index (χ1n) is 4.71. The van der Waals surface area contributed by atoms with Gasteiger partial charge >= 0.3 is 0 Å². The number of para-hydroxylation sites is 1. The van der Waals surface area contributed by atoms with Crippen LogP contribution >= 0.6 is 0 Å². The molecule has 1 aromatic rings. The van der Waals surface area contributed by atoms with E-state index in [2.05, 4.69) is 0 Å². The van der Waals surface area contributed by atoms with Crippen molar-refractivity contribution in [2.45, 2.75) is 0 Å². The van der Waals surface area contributed by atoms with Crippen LogP contribution in [0.4, 0.5) is 10.2 Å². The number of hydrogen-bond donors (Lipinski definition) is 0. The van der Waals surface area contributed by atoms with Crippen LogP contribution in [0.5, 0.6) is 0 Å². The van der Waals surface area contributed by atoms with Crippen molar-refractivity contribution in [3.8, 4) is 0 Å². The van der Waals surface area contributed by atoms with Crippen LogP contribution in [-0.4, -0.2) is 35.1 Å². The molecule has 1 aromatic carbocycles. The minimum Gasteiger partial charge on any atom is -0.222 e. The Bertz CT molecular complexity index is 463. The Kier molecular flexibility index (Phi) is 4.35. The largest absolute Gasteiger partial charge is 0.222 e. The third-order valence-electron chi connectivity index (χ3n) is 2.06. The summed E-state index contributed by atoms with van der Waals surface area (Å²) in [4.78, 5) is 0. The zero-order chi connectivity index (χ0) is 12.3. The highest BCUT2D eigenvalue weighted by atomic mass is 32.9. The van der Waals surface area contributed by atoms with E-state index in [1.807, 2.05) is 0 Å². The first-order chi connectivity index (χ1) is 7.40. The smallest absolute Gasteiger partial charge is 0.166 e. The molecule has 0 amide bonds. The van der Waals surface area contributed by atoms with Gasteiger partial charge in [0, 0.05) is 14.1 Å². The van der Waals surface area contributed by atoms with E-state index in [0.717, 1.165) is 0 Å². The van der Waals surface area contributed by atoms with E-state index in [-0.39, 0.29) is 0 Å². The second kappa shape index (κ2) is 5.16. The van der Waals surface area contributed by atoms with Gasteiger partial charge in [0.05, 0.1) is 5.69 Å². The second-order valence-corrected chi connectivity index (χ2v) is 10.3. The molecule has 0 radical (unpaired) electrons. The highest BCUT2D eigenvalue weighted by Crippen LogP contribution is 2.21. The molecule has 0 bridgehead atoms. The van der Waals surface area contributed by atoms with E-state index >= 15 is 0 Å². The summed E-state index contributed by atoms with van der Waals surface area (Å²) >= 11 is 0. The van der Waals surface area contributed by atoms with Gasteiger partial charge in [0.2, 0.25) is 0 Å². The maximum atomic E-state index is 14.2. The van der Waals surface area contributed by atoms with Gasteiger partial charge in [0.15, 0.2) is 8.86 Å². The first kappa shape index (κ1) is 13.5. The van der Waals surface area contributed by atoms with Crippen molar-refractivity contribution in [3.63, 3.8) is 0 Å². The predicted octanol–water partition coefficient (Wildman–Crippen LogP) is 1.85. The fraction of sp³-hybridized carbons (Fsp3) is 0.400. The molecule has 0 fully saturated rings. The van der Waals surface area contributed by atoms with Crippen LogP contribution in [0, 0.1) is 0 Å². The van der Waals surface area contributed by atoms with Gasteiger partial charge in [-0.15, -0.1) is 14.0 Å². The van der Waals surface area contributed by atoms with E-state index in [1.165, 1.54) is 4.31 Å². The molecule has 3 nitrogen and oxygen atoms in total. The lowest BCUT2D eigenvalue weighted by molar-refractivity contribution is 0.497. The topological polar surface area (TPSA) is 23.6 Å². The summed E-state index contributed by atoms with van der Waals surface area (Å²) in [5, 5.41) is 0. The van der Waals surface area contributed by atoms with Crippen molar-refractivity contribution in [3.05, 3.63) is 30.3 Å². The second-order valence-electron chi connectivity index (χ2n) is 3.58. The molecular weight excluding hydrogens is 247 g/mol. The van der Waals surface area contributed by atoms with Crippen molar-refractivity contribution >= 4 is 24.0 Å². The quantitative estimate of drug-likeness (QED) is 0.764. The average molecular weight is 264 g/mol. The molecule has 1 unspecified atom stereocenters. The molecule has 0 aliphatic carbocycles. The highest BCUT2D eigenvalue weighted by Gasteiger charge is 2.22. The molecule has 1 atom stereocenters. The van der Waals surface area contributed by atoms with Crippen molar-refractivity contribution in [1.29, 1.82) is 0 Å². The fourth-order valence-corrected chi connectivity index (χ4v) is 5.62. The van der Waals surface area contributed by atoms with Gasteiger partial charge in [-0.1, -0.05) is 22.7 Å². The van der Waals surface area contributed by atoms with Crippen LogP contribution in [-0.2, 0) is 18.3 Å². The Morgan fingerprint density at radius 2 is 1.69 bits per heavy atom.